The molecule has 1 saturated carbocycles. The Labute approximate surface area is 205 Å². The standard InChI is InChI=1S/C26H28N2O6S/c1-32-23-13-9-20(15-25(23)35(30,31)28-21-10-11-21)26(29)27-16-19-8-12-22(24(14-19)33-2)34-17-18-6-4-3-5-7-18/h3-9,12-15,21,28H,10-11,16-17H2,1-2H3,(H,27,29). The van der Waals surface area contributed by atoms with Crippen molar-refractivity contribution in [3.05, 3.63) is 83.4 Å². The topological polar surface area (TPSA) is 103 Å². The molecule has 9 heteroatoms. The zero-order valence-electron chi connectivity index (χ0n) is 19.6. The highest BCUT2D eigenvalue weighted by Gasteiger charge is 2.30. The van der Waals surface area contributed by atoms with Crippen molar-refractivity contribution < 1.29 is 27.4 Å². The molecule has 1 amide bonds. The molecule has 1 aliphatic carbocycles. The summed E-state index contributed by atoms with van der Waals surface area (Å²) in [6.07, 6.45) is 1.61. The van der Waals surface area contributed by atoms with Crippen LogP contribution in [-0.2, 0) is 23.2 Å². The van der Waals surface area contributed by atoms with E-state index in [0.29, 0.717) is 18.1 Å². The molecule has 0 saturated heterocycles. The van der Waals surface area contributed by atoms with Gasteiger partial charge in [0.15, 0.2) is 11.5 Å². The van der Waals surface area contributed by atoms with E-state index in [0.717, 1.165) is 24.0 Å². The Hall–Kier alpha value is -3.56. The van der Waals surface area contributed by atoms with Gasteiger partial charge in [-0.1, -0.05) is 36.4 Å². The number of rotatable bonds is 11. The van der Waals surface area contributed by atoms with Gasteiger partial charge in [0.25, 0.3) is 5.91 Å². The van der Waals surface area contributed by atoms with Gasteiger partial charge in [-0.15, -0.1) is 0 Å². The molecule has 0 aliphatic heterocycles. The molecule has 0 bridgehead atoms. The number of hydrogen-bond acceptors (Lipinski definition) is 6. The van der Waals surface area contributed by atoms with Crippen LogP contribution in [0.3, 0.4) is 0 Å². The number of ether oxygens (including phenoxy) is 3. The molecule has 4 rings (SSSR count). The summed E-state index contributed by atoms with van der Waals surface area (Å²) in [5, 5.41) is 2.82. The Bertz CT molecular complexity index is 1290. The molecule has 0 spiro atoms. The van der Waals surface area contributed by atoms with Gasteiger partial charge in [-0.25, -0.2) is 13.1 Å². The molecule has 0 radical (unpaired) electrons. The van der Waals surface area contributed by atoms with Gasteiger partial charge in [-0.05, 0) is 54.3 Å². The zero-order chi connectivity index (χ0) is 24.8. The highest BCUT2D eigenvalue weighted by molar-refractivity contribution is 7.89. The molecule has 35 heavy (non-hydrogen) atoms. The number of sulfonamides is 1. The fourth-order valence-corrected chi connectivity index (χ4v) is 4.97. The van der Waals surface area contributed by atoms with Crippen molar-refractivity contribution in [3.63, 3.8) is 0 Å². The van der Waals surface area contributed by atoms with E-state index in [1.165, 1.54) is 25.3 Å². The molecule has 1 fully saturated rings. The van der Waals surface area contributed by atoms with Crippen LogP contribution in [0.1, 0.15) is 34.3 Å². The molecule has 0 heterocycles. The van der Waals surface area contributed by atoms with Gasteiger partial charge >= 0.3 is 0 Å². The third kappa shape index (κ3) is 6.32. The maximum atomic E-state index is 12.8. The van der Waals surface area contributed by atoms with Crippen molar-refractivity contribution in [2.75, 3.05) is 14.2 Å². The average molecular weight is 497 g/mol. The Morgan fingerprint density at radius 1 is 0.886 bits per heavy atom. The molecule has 3 aromatic rings. The van der Waals surface area contributed by atoms with Crippen LogP contribution in [0.25, 0.3) is 0 Å². The number of amides is 1. The molecule has 0 atom stereocenters. The number of carbonyl (C=O) groups is 1. The van der Waals surface area contributed by atoms with E-state index in [4.69, 9.17) is 14.2 Å². The van der Waals surface area contributed by atoms with Crippen LogP contribution in [0.15, 0.2) is 71.6 Å². The molecule has 0 unspecified atom stereocenters. The van der Waals surface area contributed by atoms with Crippen molar-refractivity contribution in [2.45, 2.75) is 36.9 Å². The molecular weight excluding hydrogens is 468 g/mol. The van der Waals surface area contributed by atoms with Gasteiger partial charge in [-0.2, -0.15) is 0 Å². The molecule has 2 N–H and O–H groups in total. The van der Waals surface area contributed by atoms with Crippen molar-refractivity contribution >= 4 is 15.9 Å². The lowest BCUT2D eigenvalue weighted by Crippen LogP contribution is -2.27. The Morgan fingerprint density at radius 2 is 1.60 bits per heavy atom. The van der Waals surface area contributed by atoms with Crippen molar-refractivity contribution in [1.29, 1.82) is 0 Å². The minimum atomic E-state index is -3.79. The fourth-order valence-electron chi connectivity index (χ4n) is 3.47. The average Bonchev–Trinajstić information content (AvgIpc) is 3.69. The van der Waals surface area contributed by atoms with E-state index in [1.54, 1.807) is 19.2 Å². The molecule has 8 nitrogen and oxygen atoms in total. The summed E-state index contributed by atoms with van der Waals surface area (Å²) in [7, 11) is -0.835. The number of methoxy groups -OCH3 is 2. The molecular formula is C26H28N2O6S. The highest BCUT2D eigenvalue weighted by Crippen LogP contribution is 2.30. The summed E-state index contributed by atoms with van der Waals surface area (Å²) in [6.45, 7) is 0.633. The molecule has 1 aliphatic rings. The van der Waals surface area contributed by atoms with Gasteiger partial charge in [0.2, 0.25) is 10.0 Å². The van der Waals surface area contributed by atoms with Gasteiger partial charge in [0.1, 0.15) is 17.3 Å². The number of benzene rings is 3. The number of carbonyl (C=O) groups excluding carboxylic acids is 1. The fraction of sp³-hybridized carbons (Fsp3) is 0.269. The Balaban J connectivity index is 1.42. The lowest BCUT2D eigenvalue weighted by Gasteiger charge is -2.14. The van der Waals surface area contributed by atoms with Crippen LogP contribution in [-0.4, -0.2) is 34.6 Å². The van der Waals surface area contributed by atoms with Crippen LogP contribution in [0.4, 0.5) is 0 Å². The summed E-state index contributed by atoms with van der Waals surface area (Å²) in [5.74, 6) is 0.931. The van der Waals surface area contributed by atoms with Crippen molar-refractivity contribution in [2.24, 2.45) is 0 Å². The second-order valence-electron chi connectivity index (χ2n) is 8.20. The minimum absolute atomic E-state index is 0.0545. The third-order valence-electron chi connectivity index (χ3n) is 5.53. The van der Waals surface area contributed by atoms with Crippen LogP contribution < -0.4 is 24.2 Å². The second kappa shape index (κ2) is 10.8. The Kier molecular flexibility index (Phi) is 7.57. The quantitative estimate of drug-likeness (QED) is 0.420. The smallest absolute Gasteiger partial charge is 0.251 e. The largest absolute Gasteiger partial charge is 0.495 e. The normalized spacial score (nSPS) is 13.2. The minimum Gasteiger partial charge on any atom is -0.495 e. The van der Waals surface area contributed by atoms with Crippen LogP contribution in [0.2, 0.25) is 0 Å². The lowest BCUT2D eigenvalue weighted by molar-refractivity contribution is 0.0950. The SMILES string of the molecule is COc1cc(CNC(=O)c2ccc(OC)c(S(=O)(=O)NC3CC3)c2)ccc1OCc1ccccc1. The molecule has 184 valence electrons. The predicted molar refractivity (Wildman–Crippen MR) is 131 cm³/mol. The van der Waals surface area contributed by atoms with Gasteiger partial charge in [-0.3, -0.25) is 4.79 Å². The summed E-state index contributed by atoms with van der Waals surface area (Å²) in [4.78, 5) is 12.7. The van der Waals surface area contributed by atoms with Gasteiger partial charge in [0.05, 0.1) is 14.2 Å². The highest BCUT2D eigenvalue weighted by atomic mass is 32.2. The lowest BCUT2D eigenvalue weighted by atomic mass is 10.1. The van der Waals surface area contributed by atoms with E-state index < -0.39 is 15.9 Å². The van der Waals surface area contributed by atoms with E-state index >= 15 is 0 Å². The van der Waals surface area contributed by atoms with Crippen LogP contribution in [0, 0.1) is 0 Å². The maximum absolute atomic E-state index is 12.8. The first kappa shape index (κ1) is 24.6. The third-order valence-corrected chi connectivity index (χ3v) is 7.07. The van der Waals surface area contributed by atoms with E-state index in [1.807, 2.05) is 36.4 Å². The van der Waals surface area contributed by atoms with Gasteiger partial charge in [0, 0.05) is 18.2 Å². The molecule has 0 aromatic heterocycles. The summed E-state index contributed by atoms with van der Waals surface area (Å²) in [6, 6.07) is 19.5. The Morgan fingerprint density at radius 3 is 2.29 bits per heavy atom. The van der Waals surface area contributed by atoms with Gasteiger partial charge < -0.3 is 19.5 Å². The second-order valence-corrected chi connectivity index (χ2v) is 9.89. The first-order valence-corrected chi connectivity index (χ1v) is 12.7. The summed E-state index contributed by atoms with van der Waals surface area (Å²) >= 11 is 0. The monoisotopic (exact) mass is 496 g/mol. The van der Waals surface area contributed by atoms with Crippen LogP contribution >= 0.6 is 0 Å². The number of hydrogen-bond donors (Lipinski definition) is 2. The van der Waals surface area contributed by atoms with Crippen molar-refractivity contribution in [3.8, 4) is 17.2 Å². The summed E-state index contributed by atoms with van der Waals surface area (Å²) < 4.78 is 44.6. The van der Waals surface area contributed by atoms with Crippen molar-refractivity contribution in [1.82, 2.24) is 10.0 Å². The van der Waals surface area contributed by atoms with E-state index in [9.17, 15) is 13.2 Å². The van der Waals surface area contributed by atoms with E-state index in [-0.39, 0.29) is 28.8 Å². The van der Waals surface area contributed by atoms with E-state index in [2.05, 4.69) is 10.0 Å². The summed E-state index contributed by atoms with van der Waals surface area (Å²) in [5.41, 5.74) is 2.06. The van der Waals surface area contributed by atoms with Crippen LogP contribution in [0.5, 0.6) is 17.2 Å². The first-order valence-electron chi connectivity index (χ1n) is 11.2. The first-order chi connectivity index (χ1) is 16.9. The molecule has 3 aromatic carbocycles. The zero-order valence-corrected chi connectivity index (χ0v) is 20.4. The number of nitrogens with one attached hydrogen (secondary N) is 2. The maximum Gasteiger partial charge on any atom is 0.251 e. The predicted octanol–water partition coefficient (Wildman–Crippen LogP) is 3.65.